The van der Waals surface area contributed by atoms with E-state index in [4.69, 9.17) is 5.26 Å². The summed E-state index contributed by atoms with van der Waals surface area (Å²) in [5, 5.41) is 8.68. The van der Waals surface area contributed by atoms with Crippen molar-refractivity contribution in [1.82, 2.24) is 0 Å². The maximum absolute atomic E-state index is 8.68. The van der Waals surface area contributed by atoms with Gasteiger partial charge in [0.15, 0.2) is 0 Å². The van der Waals surface area contributed by atoms with Gasteiger partial charge in [0.1, 0.15) is 0 Å². The molecule has 0 aromatic rings. The first-order chi connectivity index (χ1) is 7.07. The summed E-state index contributed by atoms with van der Waals surface area (Å²) in [7, 11) is 0. The Hall–Kier alpha value is -1.03. The van der Waals surface area contributed by atoms with E-state index in [1.807, 2.05) is 0 Å². The Morgan fingerprint density at radius 2 is 2.20 bits per heavy atom. The molecule has 0 heterocycles. The van der Waals surface area contributed by atoms with Crippen LogP contribution in [0.5, 0.6) is 0 Å². The number of nitriles is 1. The van der Waals surface area contributed by atoms with E-state index in [1.165, 1.54) is 29.6 Å². The number of hydrogen-bond acceptors (Lipinski definition) is 1. The second kappa shape index (κ2) is 5.16. The zero-order valence-electron chi connectivity index (χ0n) is 10.1. The average Bonchev–Trinajstić information content (AvgIpc) is 2.19. The lowest BCUT2D eigenvalue weighted by molar-refractivity contribution is 0.451. The fourth-order valence-electron chi connectivity index (χ4n) is 2.47. The second-order valence-electron chi connectivity index (χ2n) is 4.79. The highest BCUT2D eigenvalue weighted by Crippen LogP contribution is 2.40. The fraction of sp³-hybridized carbons (Fsp3) is 0.643. The molecule has 1 nitrogen and oxygen atoms in total. The molecule has 1 aliphatic rings. The number of rotatable bonds is 2. The summed E-state index contributed by atoms with van der Waals surface area (Å²) in [5.74, 6) is 1.09. The Labute approximate surface area is 93.5 Å². The van der Waals surface area contributed by atoms with Crippen LogP contribution < -0.4 is 0 Å². The van der Waals surface area contributed by atoms with Crippen molar-refractivity contribution in [1.29, 1.82) is 5.26 Å². The van der Waals surface area contributed by atoms with Crippen molar-refractivity contribution >= 4 is 0 Å². The standard InChI is InChI=1S/C14H21N/c1-10(2)13-8-7-11(3)12(4)14(13)6-5-9-15/h11,14H,4-8H2,1-3H3/t11-,14+/m1/s1. The molecule has 0 aromatic carbocycles. The Balaban J connectivity index is 2.86. The normalized spacial score (nSPS) is 26.3. The number of allylic oxidation sites excluding steroid dienone is 3. The van der Waals surface area contributed by atoms with Gasteiger partial charge < -0.3 is 0 Å². The van der Waals surface area contributed by atoms with Gasteiger partial charge in [-0.2, -0.15) is 5.26 Å². The predicted octanol–water partition coefficient (Wildman–Crippen LogP) is 4.23. The molecule has 15 heavy (non-hydrogen) atoms. The van der Waals surface area contributed by atoms with Crippen molar-refractivity contribution in [2.45, 2.75) is 46.5 Å². The van der Waals surface area contributed by atoms with Crippen molar-refractivity contribution < 1.29 is 0 Å². The van der Waals surface area contributed by atoms with Gasteiger partial charge in [-0.15, -0.1) is 0 Å². The lowest BCUT2D eigenvalue weighted by Gasteiger charge is -2.33. The van der Waals surface area contributed by atoms with Crippen LogP contribution in [0, 0.1) is 23.2 Å². The lowest BCUT2D eigenvalue weighted by atomic mass is 9.72. The summed E-state index contributed by atoms with van der Waals surface area (Å²) >= 11 is 0. The highest BCUT2D eigenvalue weighted by atomic mass is 14.3. The third-order valence-corrected chi connectivity index (χ3v) is 3.53. The molecule has 1 rings (SSSR count). The molecule has 0 radical (unpaired) electrons. The van der Waals surface area contributed by atoms with Crippen molar-refractivity contribution in [2.24, 2.45) is 11.8 Å². The van der Waals surface area contributed by atoms with Crippen LogP contribution >= 0.6 is 0 Å². The van der Waals surface area contributed by atoms with Crippen molar-refractivity contribution in [3.63, 3.8) is 0 Å². The van der Waals surface area contributed by atoms with E-state index in [-0.39, 0.29) is 0 Å². The first kappa shape index (κ1) is 12.0. The van der Waals surface area contributed by atoms with Gasteiger partial charge >= 0.3 is 0 Å². The zero-order chi connectivity index (χ0) is 11.4. The highest BCUT2D eigenvalue weighted by Gasteiger charge is 2.27. The van der Waals surface area contributed by atoms with E-state index in [2.05, 4.69) is 33.4 Å². The topological polar surface area (TPSA) is 23.8 Å². The minimum Gasteiger partial charge on any atom is -0.198 e. The molecule has 0 saturated heterocycles. The van der Waals surface area contributed by atoms with E-state index in [9.17, 15) is 0 Å². The summed E-state index contributed by atoms with van der Waals surface area (Å²) in [6.45, 7) is 10.8. The van der Waals surface area contributed by atoms with Crippen LogP contribution in [0.15, 0.2) is 23.3 Å². The summed E-state index contributed by atoms with van der Waals surface area (Å²) in [4.78, 5) is 0. The molecule has 0 spiro atoms. The largest absolute Gasteiger partial charge is 0.198 e. The Bertz CT molecular complexity index is 313. The molecule has 1 saturated carbocycles. The minimum atomic E-state index is 0.471. The lowest BCUT2D eigenvalue weighted by Crippen LogP contribution is -2.20. The molecule has 1 fully saturated rings. The van der Waals surface area contributed by atoms with E-state index in [1.54, 1.807) is 0 Å². The first-order valence-electron chi connectivity index (χ1n) is 5.79. The Morgan fingerprint density at radius 3 is 2.73 bits per heavy atom. The molecular formula is C14H21N. The SMILES string of the molecule is C=C1[C@H](CCC#N)C(=C(C)C)CC[C@H]1C. The van der Waals surface area contributed by atoms with Crippen molar-refractivity contribution in [3.8, 4) is 6.07 Å². The summed E-state index contributed by atoms with van der Waals surface area (Å²) in [5.41, 5.74) is 4.30. The van der Waals surface area contributed by atoms with E-state index < -0.39 is 0 Å². The van der Waals surface area contributed by atoms with Crippen LogP contribution in [0.4, 0.5) is 0 Å². The third kappa shape index (κ3) is 2.72. The molecule has 82 valence electrons. The summed E-state index contributed by atoms with van der Waals surface area (Å²) in [6, 6.07) is 2.25. The number of nitrogens with zero attached hydrogens (tertiary/aromatic N) is 1. The Morgan fingerprint density at radius 1 is 1.53 bits per heavy atom. The van der Waals surface area contributed by atoms with Crippen LogP contribution in [0.2, 0.25) is 0 Å². The van der Waals surface area contributed by atoms with Gasteiger partial charge in [-0.25, -0.2) is 0 Å². The maximum Gasteiger partial charge on any atom is 0.0622 e. The van der Waals surface area contributed by atoms with Crippen LogP contribution in [0.1, 0.15) is 46.5 Å². The number of hydrogen-bond donors (Lipinski definition) is 0. The molecule has 1 heteroatoms. The summed E-state index contributed by atoms with van der Waals surface area (Å²) < 4.78 is 0. The smallest absolute Gasteiger partial charge is 0.0622 e. The third-order valence-electron chi connectivity index (χ3n) is 3.53. The molecule has 2 atom stereocenters. The summed E-state index contributed by atoms with van der Waals surface area (Å²) in [6.07, 6.45) is 4.02. The van der Waals surface area contributed by atoms with Gasteiger partial charge in [0.2, 0.25) is 0 Å². The van der Waals surface area contributed by atoms with Crippen LogP contribution in [-0.2, 0) is 0 Å². The molecule has 1 aliphatic carbocycles. The van der Waals surface area contributed by atoms with Gasteiger partial charge in [-0.3, -0.25) is 0 Å². The molecule has 0 amide bonds. The molecule has 0 N–H and O–H groups in total. The van der Waals surface area contributed by atoms with Crippen molar-refractivity contribution in [3.05, 3.63) is 23.3 Å². The second-order valence-corrected chi connectivity index (χ2v) is 4.79. The van der Waals surface area contributed by atoms with Gasteiger partial charge in [0, 0.05) is 12.3 Å². The minimum absolute atomic E-state index is 0.471. The van der Waals surface area contributed by atoms with Crippen molar-refractivity contribution in [2.75, 3.05) is 0 Å². The van der Waals surface area contributed by atoms with Crippen LogP contribution in [0.25, 0.3) is 0 Å². The van der Waals surface area contributed by atoms with Gasteiger partial charge in [-0.05, 0) is 39.0 Å². The van der Waals surface area contributed by atoms with E-state index in [0.717, 1.165) is 6.42 Å². The maximum atomic E-state index is 8.68. The fourth-order valence-corrected chi connectivity index (χ4v) is 2.47. The van der Waals surface area contributed by atoms with Gasteiger partial charge in [0.25, 0.3) is 0 Å². The predicted molar refractivity (Wildman–Crippen MR) is 64.2 cm³/mol. The Kier molecular flexibility index (Phi) is 4.15. The highest BCUT2D eigenvalue weighted by molar-refractivity contribution is 5.28. The average molecular weight is 203 g/mol. The van der Waals surface area contributed by atoms with E-state index >= 15 is 0 Å². The molecule has 0 aromatic heterocycles. The van der Waals surface area contributed by atoms with Gasteiger partial charge in [-0.1, -0.05) is 30.2 Å². The molecule has 0 bridgehead atoms. The molecule has 0 aliphatic heterocycles. The zero-order valence-corrected chi connectivity index (χ0v) is 10.1. The molecule has 0 unspecified atom stereocenters. The molecular weight excluding hydrogens is 182 g/mol. The van der Waals surface area contributed by atoms with Gasteiger partial charge in [0.05, 0.1) is 6.07 Å². The first-order valence-corrected chi connectivity index (χ1v) is 5.79. The van der Waals surface area contributed by atoms with E-state index in [0.29, 0.717) is 18.3 Å². The monoisotopic (exact) mass is 203 g/mol. The quantitative estimate of drug-likeness (QED) is 0.616. The van der Waals surface area contributed by atoms with Crippen LogP contribution in [-0.4, -0.2) is 0 Å². The van der Waals surface area contributed by atoms with Crippen LogP contribution in [0.3, 0.4) is 0 Å².